The number of rotatable bonds is 3. The van der Waals surface area contributed by atoms with Gasteiger partial charge in [0.15, 0.2) is 0 Å². The quantitative estimate of drug-likeness (QED) is 0.938. The van der Waals surface area contributed by atoms with Gasteiger partial charge in [-0.3, -0.25) is 0 Å². The van der Waals surface area contributed by atoms with Crippen molar-refractivity contribution in [2.45, 2.75) is 18.8 Å². The van der Waals surface area contributed by atoms with E-state index in [2.05, 4.69) is 5.10 Å². The van der Waals surface area contributed by atoms with Gasteiger partial charge >= 0.3 is 5.97 Å². The molecule has 1 aromatic heterocycles. The number of hydrogen-bond donors (Lipinski definition) is 1. The normalized spacial score (nSPS) is 14.6. The second-order valence-electron chi connectivity index (χ2n) is 4.49. The highest BCUT2D eigenvalue weighted by atomic mass is 35.5. The molecule has 0 saturated heterocycles. The maximum absolute atomic E-state index is 11.3. The highest BCUT2D eigenvalue weighted by Crippen LogP contribution is 2.43. The molecule has 1 aliphatic rings. The maximum atomic E-state index is 11.3. The Bertz CT molecular complexity index is 663. The minimum atomic E-state index is -1.05. The molecule has 3 rings (SSSR count). The number of carboxylic acid groups (broad SMARTS) is 1. The summed E-state index contributed by atoms with van der Waals surface area (Å²) in [7, 11) is 0. The predicted molar refractivity (Wildman–Crippen MR) is 72.5 cm³/mol. The van der Waals surface area contributed by atoms with Crippen LogP contribution in [-0.4, -0.2) is 20.9 Å². The minimum absolute atomic E-state index is 0.0871. The smallest absolute Gasteiger partial charge is 0.340 e. The van der Waals surface area contributed by atoms with E-state index >= 15 is 0 Å². The molecule has 0 bridgehead atoms. The molecular formula is C13H10Cl2N2O2. The number of carboxylic acids is 1. The topological polar surface area (TPSA) is 55.1 Å². The standard InChI is InChI=1S/C13H10Cl2N2O2/c14-8-3-1-2-4-9(8)17-12(15)10(13(18)19)11(16-17)7-5-6-7/h1-4,7H,5-6H2,(H,18,19). The van der Waals surface area contributed by atoms with Crippen molar-refractivity contribution < 1.29 is 9.90 Å². The van der Waals surface area contributed by atoms with Crippen molar-refractivity contribution in [3.05, 3.63) is 45.7 Å². The number of benzene rings is 1. The molecule has 19 heavy (non-hydrogen) atoms. The summed E-state index contributed by atoms with van der Waals surface area (Å²) in [6, 6.07) is 7.06. The Morgan fingerprint density at radius 3 is 2.58 bits per heavy atom. The molecule has 1 fully saturated rings. The van der Waals surface area contributed by atoms with Gasteiger partial charge < -0.3 is 5.11 Å². The van der Waals surface area contributed by atoms with Crippen LogP contribution in [0.25, 0.3) is 5.69 Å². The molecule has 0 radical (unpaired) electrons. The molecule has 0 atom stereocenters. The zero-order chi connectivity index (χ0) is 13.6. The van der Waals surface area contributed by atoms with Crippen molar-refractivity contribution in [2.24, 2.45) is 0 Å². The molecule has 0 aliphatic heterocycles. The Balaban J connectivity index is 2.20. The third-order valence-corrected chi connectivity index (χ3v) is 3.78. The van der Waals surface area contributed by atoms with Gasteiger partial charge in [0.2, 0.25) is 0 Å². The first-order valence-electron chi connectivity index (χ1n) is 5.86. The first kappa shape index (κ1) is 12.5. The molecule has 98 valence electrons. The van der Waals surface area contributed by atoms with E-state index in [1.54, 1.807) is 24.3 Å². The van der Waals surface area contributed by atoms with Crippen LogP contribution in [0.3, 0.4) is 0 Å². The summed E-state index contributed by atoms with van der Waals surface area (Å²) in [6.45, 7) is 0. The zero-order valence-electron chi connectivity index (χ0n) is 9.81. The summed E-state index contributed by atoms with van der Waals surface area (Å²) in [5.74, 6) is -0.849. The summed E-state index contributed by atoms with van der Waals surface area (Å²) in [5, 5.41) is 14.2. The maximum Gasteiger partial charge on any atom is 0.340 e. The summed E-state index contributed by atoms with van der Waals surface area (Å²) in [6.07, 6.45) is 1.91. The van der Waals surface area contributed by atoms with Crippen LogP contribution in [-0.2, 0) is 0 Å². The average Bonchev–Trinajstić information content (AvgIpc) is 3.14. The number of para-hydroxylation sites is 1. The second-order valence-corrected chi connectivity index (χ2v) is 5.26. The van der Waals surface area contributed by atoms with Crippen molar-refractivity contribution in [1.29, 1.82) is 0 Å². The third kappa shape index (κ3) is 2.11. The Labute approximate surface area is 119 Å². The Hall–Kier alpha value is -1.52. The van der Waals surface area contributed by atoms with E-state index in [9.17, 15) is 9.90 Å². The van der Waals surface area contributed by atoms with Crippen molar-refractivity contribution in [3.8, 4) is 5.69 Å². The fourth-order valence-corrected chi connectivity index (χ4v) is 2.56. The van der Waals surface area contributed by atoms with Crippen molar-refractivity contribution in [1.82, 2.24) is 9.78 Å². The van der Waals surface area contributed by atoms with Gasteiger partial charge in [0.25, 0.3) is 0 Å². The predicted octanol–water partition coefficient (Wildman–Crippen LogP) is 3.75. The molecule has 1 aromatic carbocycles. The van der Waals surface area contributed by atoms with E-state index in [-0.39, 0.29) is 16.6 Å². The first-order chi connectivity index (χ1) is 9.09. The average molecular weight is 297 g/mol. The van der Waals surface area contributed by atoms with Crippen LogP contribution in [0.4, 0.5) is 0 Å². The van der Waals surface area contributed by atoms with Crippen LogP contribution in [0.5, 0.6) is 0 Å². The highest BCUT2D eigenvalue weighted by molar-refractivity contribution is 6.34. The Morgan fingerprint density at radius 2 is 2.00 bits per heavy atom. The van der Waals surface area contributed by atoms with Crippen molar-refractivity contribution in [3.63, 3.8) is 0 Å². The molecule has 1 heterocycles. The molecule has 1 N–H and O–H groups in total. The largest absolute Gasteiger partial charge is 0.478 e. The molecule has 1 saturated carbocycles. The van der Waals surface area contributed by atoms with Crippen molar-refractivity contribution >= 4 is 29.2 Å². The van der Waals surface area contributed by atoms with Crippen LogP contribution >= 0.6 is 23.2 Å². The van der Waals surface area contributed by atoms with Gasteiger partial charge in [0, 0.05) is 5.92 Å². The lowest BCUT2D eigenvalue weighted by atomic mass is 10.2. The van der Waals surface area contributed by atoms with Gasteiger partial charge in [-0.25, -0.2) is 9.48 Å². The van der Waals surface area contributed by atoms with Crippen LogP contribution in [0.2, 0.25) is 10.2 Å². The number of hydrogen-bond acceptors (Lipinski definition) is 2. The van der Waals surface area contributed by atoms with E-state index in [4.69, 9.17) is 23.2 Å². The van der Waals surface area contributed by atoms with E-state index in [1.165, 1.54) is 4.68 Å². The van der Waals surface area contributed by atoms with E-state index in [1.807, 2.05) is 0 Å². The molecule has 6 heteroatoms. The number of halogens is 2. The molecule has 2 aromatic rings. The fourth-order valence-electron chi connectivity index (χ4n) is 2.04. The lowest BCUT2D eigenvalue weighted by Gasteiger charge is -2.04. The van der Waals surface area contributed by atoms with Crippen LogP contribution in [0.15, 0.2) is 24.3 Å². The van der Waals surface area contributed by atoms with Crippen molar-refractivity contribution in [2.75, 3.05) is 0 Å². The number of carbonyl (C=O) groups is 1. The van der Waals surface area contributed by atoms with E-state index in [0.29, 0.717) is 16.4 Å². The lowest BCUT2D eigenvalue weighted by Crippen LogP contribution is -2.00. The fraction of sp³-hybridized carbons (Fsp3) is 0.231. The minimum Gasteiger partial charge on any atom is -0.478 e. The molecule has 1 aliphatic carbocycles. The lowest BCUT2D eigenvalue weighted by molar-refractivity contribution is 0.0696. The van der Waals surface area contributed by atoms with Gasteiger partial charge in [0.1, 0.15) is 10.7 Å². The van der Waals surface area contributed by atoms with Crippen LogP contribution in [0.1, 0.15) is 34.8 Å². The van der Waals surface area contributed by atoms with Gasteiger partial charge in [-0.05, 0) is 25.0 Å². The van der Waals surface area contributed by atoms with Crippen LogP contribution in [0, 0.1) is 0 Å². The highest BCUT2D eigenvalue weighted by Gasteiger charge is 2.34. The molecule has 0 amide bonds. The summed E-state index contributed by atoms with van der Waals surface area (Å²) >= 11 is 12.3. The SMILES string of the molecule is O=C(O)c1c(C2CC2)nn(-c2ccccc2Cl)c1Cl. The Morgan fingerprint density at radius 1 is 1.32 bits per heavy atom. The first-order valence-corrected chi connectivity index (χ1v) is 6.61. The molecule has 4 nitrogen and oxygen atoms in total. The monoisotopic (exact) mass is 296 g/mol. The van der Waals surface area contributed by atoms with E-state index < -0.39 is 5.97 Å². The zero-order valence-corrected chi connectivity index (χ0v) is 11.3. The second kappa shape index (κ2) is 4.54. The Kier molecular flexibility index (Phi) is 2.99. The van der Waals surface area contributed by atoms with Gasteiger partial charge in [-0.15, -0.1) is 0 Å². The third-order valence-electron chi connectivity index (χ3n) is 3.11. The number of nitrogens with zero attached hydrogens (tertiary/aromatic N) is 2. The molecule has 0 unspecified atom stereocenters. The summed E-state index contributed by atoms with van der Waals surface area (Å²) in [4.78, 5) is 11.3. The van der Waals surface area contributed by atoms with E-state index in [0.717, 1.165) is 12.8 Å². The molecule has 0 spiro atoms. The van der Waals surface area contributed by atoms with Gasteiger partial charge in [-0.1, -0.05) is 35.3 Å². The summed E-state index contributed by atoms with van der Waals surface area (Å²) < 4.78 is 1.40. The van der Waals surface area contributed by atoms with Crippen LogP contribution < -0.4 is 0 Å². The summed E-state index contributed by atoms with van der Waals surface area (Å²) in [5.41, 5.74) is 1.23. The van der Waals surface area contributed by atoms with Gasteiger partial charge in [-0.2, -0.15) is 5.10 Å². The number of aromatic nitrogens is 2. The molecular weight excluding hydrogens is 287 g/mol. The number of aromatic carboxylic acids is 1. The van der Waals surface area contributed by atoms with Gasteiger partial charge in [0.05, 0.1) is 16.4 Å².